The summed E-state index contributed by atoms with van der Waals surface area (Å²) in [5, 5.41) is 3.46. The smallest absolute Gasteiger partial charge is 0.163 e. The van der Waals surface area contributed by atoms with Gasteiger partial charge in [-0.2, -0.15) is 0 Å². The molecular weight excluding hydrogens is 254 g/mol. The number of imidazole rings is 1. The van der Waals surface area contributed by atoms with Crippen LogP contribution >= 0.6 is 0 Å². The Kier molecular flexibility index (Phi) is 3.30. The predicted molar refractivity (Wildman–Crippen MR) is 78.5 cm³/mol. The van der Waals surface area contributed by atoms with Crippen molar-refractivity contribution in [1.82, 2.24) is 15.3 Å². The van der Waals surface area contributed by atoms with E-state index >= 15 is 0 Å². The Hall–Kier alpha value is -1.75. The van der Waals surface area contributed by atoms with E-state index in [0.29, 0.717) is 13.2 Å². The van der Waals surface area contributed by atoms with Crippen LogP contribution in [0.15, 0.2) is 12.1 Å². The highest BCUT2D eigenvalue weighted by Crippen LogP contribution is 2.33. The largest absolute Gasteiger partial charge is 0.486 e. The van der Waals surface area contributed by atoms with Crippen molar-refractivity contribution < 1.29 is 9.47 Å². The third kappa shape index (κ3) is 2.88. The van der Waals surface area contributed by atoms with Gasteiger partial charge in [-0.3, -0.25) is 0 Å². The van der Waals surface area contributed by atoms with Crippen molar-refractivity contribution in [3.63, 3.8) is 0 Å². The lowest BCUT2D eigenvalue weighted by Crippen LogP contribution is -2.37. The second-order valence-electron chi connectivity index (χ2n) is 6.12. The zero-order valence-corrected chi connectivity index (χ0v) is 12.2. The topological polar surface area (TPSA) is 59.2 Å². The number of ether oxygens (including phenoxy) is 2. The summed E-state index contributed by atoms with van der Waals surface area (Å²) in [6, 6.07) is 3.92. The van der Waals surface area contributed by atoms with Crippen molar-refractivity contribution >= 4 is 11.0 Å². The van der Waals surface area contributed by atoms with E-state index in [0.717, 1.165) is 41.3 Å². The number of nitrogens with zero attached hydrogens (tertiary/aromatic N) is 1. The Morgan fingerprint density at radius 2 is 1.90 bits per heavy atom. The molecule has 0 amide bonds. The van der Waals surface area contributed by atoms with Crippen molar-refractivity contribution in [3.05, 3.63) is 18.0 Å². The first kappa shape index (κ1) is 13.2. The maximum Gasteiger partial charge on any atom is 0.163 e. The minimum absolute atomic E-state index is 0.132. The quantitative estimate of drug-likeness (QED) is 0.902. The predicted octanol–water partition coefficient (Wildman–Crippen LogP) is 2.26. The van der Waals surface area contributed by atoms with Crippen LogP contribution in [0.3, 0.4) is 0 Å². The van der Waals surface area contributed by atoms with Crippen molar-refractivity contribution in [2.75, 3.05) is 19.8 Å². The lowest BCUT2D eigenvalue weighted by Gasteiger charge is -2.19. The Labute approximate surface area is 118 Å². The van der Waals surface area contributed by atoms with Crippen molar-refractivity contribution in [2.24, 2.45) is 0 Å². The number of fused-ring (bicyclic) bond motifs is 2. The molecule has 1 aliphatic heterocycles. The average Bonchev–Trinajstić information content (AvgIpc) is 2.75. The van der Waals surface area contributed by atoms with Gasteiger partial charge in [-0.25, -0.2) is 4.98 Å². The average molecular weight is 275 g/mol. The van der Waals surface area contributed by atoms with Crippen LogP contribution in [0.4, 0.5) is 0 Å². The van der Waals surface area contributed by atoms with E-state index in [4.69, 9.17) is 9.47 Å². The first-order chi connectivity index (χ1) is 9.51. The van der Waals surface area contributed by atoms with Gasteiger partial charge in [0.1, 0.15) is 19.0 Å². The highest BCUT2D eigenvalue weighted by molar-refractivity contribution is 5.79. The fraction of sp³-hybridized carbons (Fsp3) is 0.533. The van der Waals surface area contributed by atoms with Crippen molar-refractivity contribution in [1.29, 1.82) is 0 Å². The lowest BCUT2D eigenvalue weighted by atomic mass is 10.1. The summed E-state index contributed by atoms with van der Waals surface area (Å²) in [5.74, 6) is 2.57. The minimum Gasteiger partial charge on any atom is -0.486 e. The van der Waals surface area contributed by atoms with E-state index in [2.05, 4.69) is 36.1 Å². The summed E-state index contributed by atoms with van der Waals surface area (Å²) in [7, 11) is 0. The van der Waals surface area contributed by atoms with Gasteiger partial charge in [0.25, 0.3) is 0 Å². The van der Waals surface area contributed by atoms with Crippen LogP contribution in [0.5, 0.6) is 11.5 Å². The molecule has 2 N–H and O–H groups in total. The van der Waals surface area contributed by atoms with Gasteiger partial charge in [0.05, 0.1) is 11.0 Å². The number of H-pyrrole nitrogens is 1. The number of aromatic nitrogens is 2. The molecule has 3 rings (SSSR count). The molecule has 1 aromatic heterocycles. The van der Waals surface area contributed by atoms with Crippen LogP contribution in [0, 0.1) is 0 Å². The van der Waals surface area contributed by atoms with Gasteiger partial charge in [0, 0.05) is 30.6 Å². The molecule has 0 unspecified atom stereocenters. The molecule has 0 aliphatic carbocycles. The minimum atomic E-state index is 0.132. The SMILES string of the molecule is CC(C)(C)NCCc1nc2cc3c(cc2[nH]1)OCCO3. The lowest BCUT2D eigenvalue weighted by molar-refractivity contribution is 0.172. The van der Waals surface area contributed by atoms with E-state index in [1.54, 1.807) is 0 Å². The van der Waals surface area contributed by atoms with Crippen LogP contribution in [-0.2, 0) is 6.42 Å². The van der Waals surface area contributed by atoms with Gasteiger partial charge in [-0.05, 0) is 20.8 Å². The maximum atomic E-state index is 5.58. The number of nitrogens with one attached hydrogen (secondary N) is 2. The molecule has 0 fully saturated rings. The van der Waals surface area contributed by atoms with Gasteiger partial charge in [0.15, 0.2) is 11.5 Å². The third-order valence-electron chi connectivity index (χ3n) is 3.21. The van der Waals surface area contributed by atoms with Crippen molar-refractivity contribution in [3.8, 4) is 11.5 Å². The van der Waals surface area contributed by atoms with E-state index in [9.17, 15) is 0 Å². The third-order valence-corrected chi connectivity index (χ3v) is 3.21. The molecule has 2 heterocycles. The Morgan fingerprint density at radius 1 is 1.20 bits per heavy atom. The van der Waals surface area contributed by atoms with E-state index < -0.39 is 0 Å². The summed E-state index contributed by atoms with van der Waals surface area (Å²) in [6.07, 6.45) is 0.873. The molecule has 0 saturated carbocycles. The molecule has 0 atom stereocenters. The molecule has 5 nitrogen and oxygen atoms in total. The Bertz CT molecular complexity index is 570. The van der Waals surface area contributed by atoms with Gasteiger partial charge in [0.2, 0.25) is 0 Å². The van der Waals surface area contributed by atoms with Crippen LogP contribution in [0.1, 0.15) is 26.6 Å². The monoisotopic (exact) mass is 275 g/mol. The molecule has 5 heteroatoms. The Morgan fingerprint density at radius 3 is 2.60 bits per heavy atom. The van der Waals surface area contributed by atoms with E-state index in [1.807, 2.05) is 12.1 Å². The molecule has 1 aliphatic rings. The second kappa shape index (κ2) is 4.98. The summed E-state index contributed by atoms with van der Waals surface area (Å²) in [4.78, 5) is 7.95. The molecule has 0 spiro atoms. The van der Waals surface area contributed by atoms with E-state index in [1.165, 1.54) is 0 Å². The highest BCUT2D eigenvalue weighted by atomic mass is 16.6. The zero-order chi connectivity index (χ0) is 14.2. The van der Waals surface area contributed by atoms with E-state index in [-0.39, 0.29) is 5.54 Å². The first-order valence-electron chi connectivity index (χ1n) is 7.04. The second-order valence-corrected chi connectivity index (χ2v) is 6.12. The molecule has 0 bridgehead atoms. The maximum absolute atomic E-state index is 5.58. The normalized spacial score (nSPS) is 14.8. The first-order valence-corrected chi connectivity index (χ1v) is 7.04. The molecule has 20 heavy (non-hydrogen) atoms. The number of rotatable bonds is 3. The number of hydrogen-bond acceptors (Lipinski definition) is 4. The standard InChI is InChI=1S/C15H21N3O2/c1-15(2,3)16-5-4-14-17-10-8-12-13(9-11(10)18-14)20-7-6-19-12/h8-9,16H,4-7H2,1-3H3,(H,17,18). The van der Waals surface area contributed by atoms with Crippen molar-refractivity contribution in [2.45, 2.75) is 32.7 Å². The van der Waals surface area contributed by atoms with Gasteiger partial charge in [-0.1, -0.05) is 0 Å². The van der Waals surface area contributed by atoms with Gasteiger partial charge < -0.3 is 19.8 Å². The van der Waals surface area contributed by atoms with Crippen LogP contribution in [0.25, 0.3) is 11.0 Å². The van der Waals surface area contributed by atoms with Crippen LogP contribution in [0.2, 0.25) is 0 Å². The fourth-order valence-corrected chi connectivity index (χ4v) is 2.27. The van der Waals surface area contributed by atoms with Crippen LogP contribution in [-0.4, -0.2) is 35.3 Å². The molecule has 108 valence electrons. The van der Waals surface area contributed by atoms with Gasteiger partial charge >= 0.3 is 0 Å². The summed E-state index contributed by atoms with van der Waals surface area (Å²) >= 11 is 0. The number of aromatic amines is 1. The van der Waals surface area contributed by atoms with Gasteiger partial charge in [-0.15, -0.1) is 0 Å². The summed E-state index contributed by atoms with van der Waals surface area (Å²) < 4.78 is 11.2. The summed E-state index contributed by atoms with van der Waals surface area (Å²) in [5.41, 5.74) is 2.06. The molecule has 1 aromatic carbocycles. The molecular formula is C15H21N3O2. The fourth-order valence-electron chi connectivity index (χ4n) is 2.27. The highest BCUT2D eigenvalue weighted by Gasteiger charge is 2.15. The summed E-state index contributed by atoms with van der Waals surface area (Å²) in [6.45, 7) is 8.59. The Balaban J connectivity index is 1.77. The zero-order valence-electron chi connectivity index (χ0n) is 12.2. The number of hydrogen-bond donors (Lipinski definition) is 2. The molecule has 0 radical (unpaired) electrons. The molecule has 0 saturated heterocycles. The van der Waals surface area contributed by atoms with Crippen LogP contribution < -0.4 is 14.8 Å². The number of benzene rings is 1. The molecule has 2 aromatic rings.